The van der Waals surface area contributed by atoms with Gasteiger partial charge in [-0.2, -0.15) is 5.10 Å². The third-order valence-electron chi connectivity index (χ3n) is 3.97. The topological polar surface area (TPSA) is 95.3 Å². The van der Waals surface area contributed by atoms with E-state index in [1.165, 1.54) is 4.68 Å². The molecule has 0 unspecified atom stereocenters. The number of hydrogen-bond acceptors (Lipinski definition) is 6. The second-order valence-corrected chi connectivity index (χ2v) is 7.63. The molecule has 0 saturated carbocycles. The average molecular weight is 352 g/mol. The van der Waals surface area contributed by atoms with Crippen molar-refractivity contribution in [1.82, 2.24) is 14.8 Å². The van der Waals surface area contributed by atoms with E-state index in [1.807, 2.05) is 0 Å². The van der Waals surface area contributed by atoms with E-state index in [0.29, 0.717) is 36.0 Å². The van der Waals surface area contributed by atoms with E-state index < -0.39 is 15.3 Å². The molecule has 1 N–H and O–H groups in total. The van der Waals surface area contributed by atoms with Crippen molar-refractivity contribution in [3.8, 4) is 11.6 Å². The van der Waals surface area contributed by atoms with Crippen molar-refractivity contribution in [1.29, 1.82) is 0 Å². The fraction of sp³-hybridized carbons (Fsp3) is 0.467. The van der Waals surface area contributed by atoms with Gasteiger partial charge in [0, 0.05) is 19.9 Å². The Bertz CT molecular complexity index is 819. The first-order valence-electron chi connectivity index (χ1n) is 7.63. The fourth-order valence-corrected chi connectivity index (χ4v) is 4.39. The summed E-state index contributed by atoms with van der Waals surface area (Å²) in [7, 11) is -1.92. The second kappa shape index (κ2) is 6.40. The Hall–Kier alpha value is -2.13. The number of nitrogens with one attached hydrogen (secondary N) is 1. The van der Waals surface area contributed by atoms with Gasteiger partial charge < -0.3 is 9.47 Å². The van der Waals surface area contributed by atoms with Crippen molar-refractivity contribution in [2.24, 2.45) is 7.05 Å². The van der Waals surface area contributed by atoms with E-state index in [0.717, 1.165) is 0 Å². The van der Waals surface area contributed by atoms with Crippen molar-refractivity contribution in [2.45, 2.75) is 31.6 Å². The van der Waals surface area contributed by atoms with Gasteiger partial charge in [-0.1, -0.05) is 0 Å². The lowest BCUT2D eigenvalue weighted by molar-refractivity contribution is 0.126. The van der Waals surface area contributed by atoms with Gasteiger partial charge in [-0.05, 0) is 32.4 Å². The van der Waals surface area contributed by atoms with E-state index in [2.05, 4.69) is 14.8 Å². The van der Waals surface area contributed by atoms with Gasteiger partial charge in [0.05, 0.1) is 18.0 Å². The average Bonchev–Trinajstić information content (AvgIpc) is 3.07. The monoisotopic (exact) mass is 352 g/mol. The third kappa shape index (κ3) is 3.22. The Balaban J connectivity index is 1.91. The highest BCUT2D eigenvalue weighted by Gasteiger charge is 2.37. The van der Waals surface area contributed by atoms with E-state index in [1.54, 1.807) is 45.4 Å². The quantitative estimate of drug-likeness (QED) is 0.882. The molecule has 2 aromatic heterocycles. The second-order valence-electron chi connectivity index (χ2n) is 5.73. The highest BCUT2D eigenvalue weighted by Crippen LogP contribution is 2.34. The lowest BCUT2D eigenvalue weighted by atomic mass is 10.3. The van der Waals surface area contributed by atoms with Crippen LogP contribution in [0.15, 0.2) is 24.5 Å². The molecule has 130 valence electrons. The Kier molecular flexibility index (Phi) is 4.46. The molecule has 3 rings (SSSR count). The number of anilines is 1. The number of hydrogen-bond donors (Lipinski definition) is 1. The van der Waals surface area contributed by atoms with Crippen molar-refractivity contribution < 1.29 is 17.9 Å². The third-order valence-corrected chi connectivity index (χ3v) is 5.87. The summed E-state index contributed by atoms with van der Waals surface area (Å²) >= 11 is 0. The molecule has 1 aliphatic heterocycles. The van der Waals surface area contributed by atoms with Gasteiger partial charge in [0.1, 0.15) is 16.7 Å². The van der Waals surface area contributed by atoms with Crippen molar-refractivity contribution in [2.75, 3.05) is 11.3 Å². The van der Waals surface area contributed by atoms with Crippen molar-refractivity contribution in [3.05, 3.63) is 30.2 Å². The first kappa shape index (κ1) is 16.7. The van der Waals surface area contributed by atoms with Gasteiger partial charge in [0.25, 0.3) is 0 Å². The van der Waals surface area contributed by atoms with E-state index >= 15 is 0 Å². The van der Waals surface area contributed by atoms with Gasteiger partial charge in [-0.3, -0.25) is 9.71 Å². The Labute approximate surface area is 140 Å². The molecule has 2 atom stereocenters. The summed E-state index contributed by atoms with van der Waals surface area (Å²) in [5.41, 5.74) is 0.868. The van der Waals surface area contributed by atoms with Crippen molar-refractivity contribution in [3.63, 3.8) is 0 Å². The number of nitrogens with zero attached hydrogens (tertiary/aromatic N) is 3. The zero-order chi connectivity index (χ0) is 17.3. The zero-order valence-electron chi connectivity index (χ0n) is 13.8. The highest BCUT2D eigenvalue weighted by molar-refractivity contribution is 7.93. The van der Waals surface area contributed by atoms with Gasteiger partial charge in [-0.25, -0.2) is 13.1 Å². The molecule has 0 aliphatic carbocycles. The van der Waals surface area contributed by atoms with Crippen LogP contribution < -0.4 is 9.46 Å². The van der Waals surface area contributed by atoms with E-state index in [-0.39, 0.29) is 6.10 Å². The predicted molar refractivity (Wildman–Crippen MR) is 88.6 cm³/mol. The number of pyridine rings is 1. The van der Waals surface area contributed by atoms with E-state index in [4.69, 9.17) is 9.47 Å². The maximum absolute atomic E-state index is 12.7. The smallest absolute Gasteiger partial charge is 0.242 e. The molecule has 1 aliphatic rings. The number of sulfonamides is 1. The summed E-state index contributed by atoms with van der Waals surface area (Å²) in [4.78, 5) is 3.98. The Morgan fingerprint density at radius 2 is 2.25 bits per heavy atom. The largest absolute Gasteiger partial charge is 0.436 e. The number of ether oxygens (including phenoxy) is 2. The van der Waals surface area contributed by atoms with Crippen LogP contribution in [0.2, 0.25) is 0 Å². The molecular formula is C15H20N4O4S. The number of rotatable bonds is 5. The molecular weight excluding hydrogens is 332 g/mol. The normalized spacial score (nSPS) is 21.0. The van der Waals surface area contributed by atoms with Crippen LogP contribution in [0.1, 0.15) is 19.0 Å². The summed E-state index contributed by atoms with van der Waals surface area (Å²) in [6.07, 6.45) is 3.30. The molecule has 9 heteroatoms. The first-order chi connectivity index (χ1) is 11.4. The summed E-state index contributed by atoms with van der Waals surface area (Å²) in [5, 5.41) is 3.66. The van der Waals surface area contributed by atoms with Crippen LogP contribution in [0.3, 0.4) is 0 Å². The van der Waals surface area contributed by atoms with Crippen LogP contribution in [0.4, 0.5) is 5.69 Å². The molecule has 24 heavy (non-hydrogen) atoms. The maximum atomic E-state index is 12.7. The lowest BCUT2D eigenvalue weighted by Crippen LogP contribution is -2.33. The van der Waals surface area contributed by atoms with Gasteiger partial charge in [0.2, 0.25) is 15.9 Å². The lowest BCUT2D eigenvalue weighted by Gasteiger charge is -2.17. The number of aromatic nitrogens is 3. The summed E-state index contributed by atoms with van der Waals surface area (Å²) in [6.45, 7) is 3.93. The number of aryl methyl sites for hydroxylation is 2. The molecule has 0 spiro atoms. The van der Waals surface area contributed by atoms with E-state index in [9.17, 15) is 8.42 Å². The molecule has 1 saturated heterocycles. The van der Waals surface area contributed by atoms with Crippen LogP contribution in [0.5, 0.6) is 11.6 Å². The minimum atomic E-state index is -3.61. The predicted octanol–water partition coefficient (Wildman–Crippen LogP) is 1.83. The summed E-state index contributed by atoms with van der Waals surface area (Å²) in [5.74, 6) is 0.814. The molecule has 0 radical (unpaired) electrons. The summed E-state index contributed by atoms with van der Waals surface area (Å²) < 4.78 is 40.6. The molecule has 2 aromatic rings. The molecule has 0 bridgehead atoms. The van der Waals surface area contributed by atoms with Crippen LogP contribution in [0, 0.1) is 6.92 Å². The standard InChI is InChI=1S/C15H20N4O4S/c1-10-14(18-24(20,21)13-6-8-22-11(13)2)15(19(3)17-10)23-12-5-4-7-16-9-12/h4-5,7,9,11,13,18H,6,8H2,1-3H3/t11-,13+/m1/s1. The van der Waals surface area contributed by atoms with Crippen LogP contribution in [0.25, 0.3) is 0 Å². The van der Waals surface area contributed by atoms with Crippen LogP contribution in [-0.4, -0.2) is 41.1 Å². The molecule has 1 fully saturated rings. The van der Waals surface area contributed by atoms with Gasteiger partial charge in [-0.15, -0.1) is 0 Å². The SMILES string of the molecule is Cc1nn(C)c(Oc2cccnc2)c1NS(=O)(=O)[C@H]1CCO[C@@H]1C. The minimum absolute atomic E-state index is 0.315. The zero-order valence-corrected chi connectivity index (χ0v) is 14.6. The van der Waals surface area contributed by atoms with Crippen LogP contribution >= 0.6 is 0 Å². The highest BCUT2D eigenvalue weighted by atomic mass is 32.2. The van der Waals surface area contributed by atoms with Gasteiger partial charge >= 0.3 is 0 Å². The minimum Gasteiger partial charge on any atom is -0.436 e. The Morgan fingerprint density at radius 1 is 1.46 bits per heavy atom. The van der Waals surface area contributed by atoms with Crippen molar-refractivity contribution >= 4 is 15.7 Å². The first-order valence-corrected chi connectivity index (χ1v) is 9.18. The molecule has 0 amide bonds. The molecule has 0 aromatic carbocycles. The maximum Gasteiger partial charge on any atom is 0.242 e. The Morgan fingerprint density at radius 3 is 2.88 bits per heavy atom. The van der Waals surface area contributed by atoms with Crippen LogP contribution in [-0.2, 0) is 21.8 Å². The molecule has 8 nitrogen and oxygen atoms in total. The summed E-state index contributed by atoms with van der Waals surface area (Å²) in [6, 6.07) is 3.47. The molecule has 3 heterocycles. The van der Waals surface area contributed by atoms with Gasteiger partial charge in [0.15, 0.2) is 0 Å². The fourth-order valence-electron chi connectivity index (χ4n) is 2.73.